The van der Waals surface area contributed by atoms with Gasteiger partial charge in [-0.05, 0) is 38.1 Å². The molecule has 1 amide bonds. The van der Waals surface area contributed by atoms with Crippen molar-refractivity contribution >= 4 is 11.6 Å². The Morgan fingerprint density at radius 1 is 1.62 bits per heavy atom. The van der Waals surface area contributed by atoms with Gasteiger partial charge < -0.3 is 10.4 Å². The van der Waals surface area contributed by atoms with E-state index in [9.17, 15) is 9.90 Å². The summed E-state index contributed by atoms with van der Waals surface area (Å²) in [5.74, 6) is 2.39. The van der Waals surface area contributed by atoms with E-state index in [1.807, 2.05) is 0 Å². The number of likely N-dealkylation sites (N-methyl/N-ethyl adjacent to an activating group) is 1. The highest BCUT2D eigenvalue weighted by atomic mass is 16.3. The van der Waals surface area contributed by atoms with Crippen molar-refractivity contribution < 1.29 is 9.90 Å². The summed E-state index contributed by atoms with van der Waals surface area (Å²) in [6.45, 7) is 4.28. The van der Waals surface area contributed by atoms with Gasteiger partial charge in [-0.3, -0.25) is 9.69 Å². The lowest BCUT2D eigenvalue weighted by atomic mass is 10.2. The van der Waals surface area contributed by atoms with Crippen molar-refractivity contribution in [2.45, 2.75) is 18.9 Å². The third-order valence-electron chi connectivity index (χ3n) is 2.95. The number of amides is 1. The lowest BCUT2D eigenvalue weighted by Gasteiger charge is -2.19. The Hall–Kier alpha value is -2.09. The monoisotopic (exact) mass is 286 g/mol. The van der Waals surface area contributed by atoms with Crippen molar-refractivity contribution in [3.63, 3.8) is 0 Å². The molecule has 1 unspecified atom stereocenters. The largest absolute Gasteiger partial charge is 0.392 e. The smallest absolute Gasteiger partial charge is 0.238 e. The first-order chi connectivity index (χ1) is 10.0. The van der Waals surface area contributed by atoms with Gasteiger partial charge in [-0.15, -0.1) is 13.0 Å². The standard InChI is InChI=1S/C17H22N2O2/c1-4-6-10-16(20)12-19(3)13-17(21)18-15-9-7-8-14(5-2)11-15/h2,4,7-9,11,16,20H,1,6,10,12-13H2,3H3,(H,18,21). The van der Waals surface area contributed by atoms with Crippen LogP contribution in [-0.4, -0.2) is 42.2 Å². The zero-order chi connectivity index (χ0) is 15.7. The molecule has 4 nitrogen and oxygen atoms in total. The van der Waals surface area contributed by atoms with Crippen LogP contribution in [0.4, 0.5) is 5.69 Å². The van der Waals surface area contributed by atoms with Gasteiger partial charge in [0.15, 0.2) is 0 Å². The molecule has 112 valence electrons. The van der Waals surface area contributed by atoms with Gasteiger partial charge >= 0.3 is 0 Å². The van der Waals surface area contributed by atoms with E-state index in [0.717, 1.165) is 12.0 Å². The molecular formula is C17H22N2O2. The number of carbonyl (C=O) groups is 1. The first-order valence-electron chi connectivity index (χ1n) is 6.89. The Bertz CT molecular complexity index is 520. The molecule has 1 rings (SSSR count). The van der Waals surface area contributed by atoms with Crippen LogP contribution in [0.2, 0.25) is 0 Å². The fraction of sp³-hybridized carbons (Fsp3) is 0.353. The molecule has 0 saturated heterocycles. The van der Waals surface area contributed by atoms with Crippen molar-refractivity contribution in [3.8, 4) is 12.3 Å². The van der Waals surface area contributed by atoms with Crippen LogP contribution >= 0.6 is 0 Å². The minimum absolute atomic E-state index is 0.136. The Morgan fingerprint density at radius 3 is 3.05 bits per heavy atom. The summed E-state index contributed by atoms with van der Waals surface area (Å²) in [6, 6.07) is 7.14. The molecule has 0 aliphatic carbocycles. The zero-order valence-corrected chi connectivity index (χ0v) is 12.4. The summed E-state index contributed by atoms with van der Waals surface area (Å²) in [7, 11) is 1.80. The second-order valence-corrected chi connectivity index (χ2v) is 4.99. The van der Waals surface area contributed by atoms with E-state index in [2.05, 4.69) is 17.8 Å². The maximum atomic E-state index is 11.9. The van der Waals surface area contributed by atoms with Crippen molar-refractivity contribution in [1.82, 2.24) is 4.90 Å². The van der Waals surface area contributed by atoms with E-state index >= 15 is 0 Å². The second kappa shape index (κ2) is 8.96. The number of hydrogen-bond donors (Lipinski definition) is 2. The summed E-state index contributed by atoms with van der Waals surface area (Å²) in [6.07, 6.45) is 8.05. The van der Waals surface area contributed by atoms with E-state index in [1.165, 1.54) is 0 Å². The summed E-state index contributed by atoms with van der Waals surface area (Å²) in [5, 5.41) is 12.6. The van der Waals surface area contributed by atoms with Gasteiger partial charge in [-0.2, -0.15) is 0 Å². The molecule has 0 fully saturated rings. The summed E-state index contributed by atoms with van der Waals surface area (Å²) < 4.78 is 0. The molecule has 0 aliphatic rings. The zero-order valence-electron chi connectivity index (χ0n) is 12.4. The molecule has 2 N–H and O–H groups in total. The van der Waals surface area contributed by atoms with Gasteiger partial charge in [0.05, 0.1) is 12.6 Å². The topological polar surface area (TPSA) is 52.6 Å². The van der Waals surface area contributed by atoms with Gasteiger partial charge in [-0.25, -0.2) is 0 Å². The van der Waals surface area contributed by atoms with Crippen LogP contribution < -0.4 is 5.32 Å². The Labute approximate surface area is 126 Å². The molecule has 0 aromatic heterocycles. The minimum Gasteiger partial charge on any atom is -0.392 e. The average Bonchev–Trinajstić information content (AvgIpc) is 2.44. The van der Waals surface area contributed by atoms with Crippen LogP contribution in [0.1, 0.15) is 18.4 Å². The van der Waals surface area contributed by atoms with Crippen LogP contribution in [-0.2, 0) is 4.79 Å². The predicted molar refractivity (Wildman–Crippen MR) is 85.9 cm³/mol. The summed E-state index contributed by atoms with van der Waals surface area (Å²) in [4.78, 5) is 13.7. The van der Waals surface area contributed by atoms with E-state index < -0.39 is 6.10 Å². The van der Waals surface area contributed by atoms with E-state index in [0.29, 0.717) is 18.7 Å². The number of hydrogen-bond acceptors (Lipinski definition) is 3. The van der Waals surface area contributed by atoms with Gasteiger partial charge in [0.25, 0.3) is 0 Å². The Kier molecular flexibility index (Phi) is 7.24. The van der Waals surface area contributed by atoms with E-state index in [4.69, 9.17) is 6.42 Å². The Balaban J connectivity index is 2.42. The number of carbonyl (C=O) groups excluding carboxylic acids is 1. The molecule has 1 aromatic carbocycles. The number of benzene rings is 1. The molecule has 0 heterocycles. The van der Waals surface area contributed by atoms with E-state index in [1.54, 1.807) is 42.3 Å². The van der Waals surface area contributed by atoms with Crippen LogP contribution in [0, 0.1) is 12.3 Å². The van der Waals surface area contributed by atoms with E-state index in [-0.39, 0.29) is 12.5 Å². The third-order valence-corrected chi connectivity index (χ3v) is 2.95. The molecule has 0 saturated carbocycles. The number of anilines is 1. The molecule has 1 aromatic rings. The van der Waals surface area contributed by atoms with Gasteiger partial charge in [0, 0.05) is 17.8 Å². The quantitative estimate of drug-likeness (QED) is 0.566. The predicted octanol–water partition coefficient (Wildman–Crippen LogP) is 1.87. The fourth-order valence-electron chi connectivity index (χ4n) is 1.96. The molecule has 0 aliphatic heterocycles. The summed E-state index contributed by atoms with van der Waals surface area (Å²) in [5.41, 5.74) is 1.40. The maximum Gasteiger partial charge on any atom is 0.238 e. The first kappa shape index (κ1) is 17.0. The molecule has 21 heavy (non-hydrogen) atoms. The first-order valence-corrected chi connectivity index (χ1v) is 6.89. The lowest BCUT2D eigenvalue weighted by molar-refractivity contribution is -0.117. The molecule has 1 atom stereocenters. The minimum atomic E-state index is -0.453. The second-order valence-electron chi connectivity index (χ2n) is 4.99. The molecular weight excluding hydrogens is 264 g/mol. The van der Waals surface area contributed by atoms with Crippen molar-refractivity contribution in [1.29, 1.82) is 0 Å². The average molecular weight is 286 g/mol. The third kappa shape index (κ3) is 6.75. The SMILES string of the molecule is C#Cc1cccc(NC(=O)CN(C)CC(O)CCC=C)c1. The maximum absolute atomic E-state index is 11.9. The van der Waals surface area contributed by atoms with Gasteiger partial charge in [-0.1, -0.05) is 18.1 Å². The number of allylic oxidation sites excluding steroid dienone is 1. The van der Waals surface area contributed by atoms with Crippen LogP contribution in [0.5, 0.6) is 0 Å². The number of terminal acetylenes is 1. The number of nitrogens with one attached hydrogen (secondary N) is 1. The molecule has 0 spiro atoms. The van der Waals surface area contributed by atoms with Gasteiger partial charge in [0.2, 0.25) is 5.91 Å². The van der Waals surface area contributed by atoms with Crippen molar-refractivity contribution in [2.75, 3.05) is 25.5 Å². The molecule has 4 heteroatoms. The lowest BCUT2D eigenvalue weighted by Crippen LogP contribution is -2.35. The molecule has 0 radical (unpaired) electrons. The van der Waals surface area contributed by atoms with Crippen LogP contribution in [0.3, 0.4) is 0 Å². The highest BCUT2D eigenvalue weighted by Gasteiger charge is 2.11. The number of rotatable bonds is 8. The highest BCUT2D eigenvalue weighted by molar-refractivity contribution is 5.92. The van der Waals surface area contributed by atoms with Crippen LogP contribution in [0.25, 0.3) is 0 Å². The highest BCUT2D eigenvalue weighted by Crippen LogP contribution is 2.09. The number of nitrogens with zero attached hydrogens (tertiary/aromatic N) is 1. The Morgan fingerprint density at radius 2 is 2.38 bits per heavy atom. The normalized spacial score (nSPS) is 11.7. The van der Waals surface area contributed by atoms with Crippen molar-refractivity contribution in [2.24, 2.45) is 0 Å². The number of aliphatic hydroxyl groups is 1. The fourth-order valence-corrected chi connectivity index (χ4v) is 1.96. The number of aliphatic hydroxyl groups excluding tert-OH is 1. The summed E-state index contributed by atoms with van der Waals surface area (Å²) >= 11 is 0. The van der Waals surface area contributed by atoms with Crippen LogP contribution in [0.15, 0.2) is 36.9 Å². The van der Waals surface area contributed by atoms with Gasteiger partial charge in [0.1, 0.15) is 0 Å². The molecule has 0 bridgehead atoms. The van der Waals surface area contributed by atoms with Crippen molar-refractivity contribution in [3.05, 3.63) is 42.5 Å².